The molecule has 1 aliphatic heterocycles. The highest BCUT2D eigenvalue weighted by atomic mass is 19.3. The van der Waals surface area contributed by atoms with Crippen molar-refractivity contribution in [2.75, 3.05) is 36.0 Å². The second-order valence-electron chi connectivity index (χ2n) is 5.49. The number of halogens is 2. The van der Waals surface area contributed by atoms with Crippen molar-refractivity contribution in [1.29, 1.82) is 5.26 Å². The van der Waals surface area contributed by atoms with Gasteiger partial charge in [-0.15, -0.1) is 0 Å². The van der Waals surface area contributed by atoms with E-state index in [1.807, 2.05) is 17.0 Å². The zero-order valence-electron chi connectivity index (χ0n) is 13.2. The molecule has 0 radical (unpaired) electrons. The van der Waals surface area contributed by atoms with Crippen molar-refractivity contribution in [2.24, 2.45) is 0 Å². The average molecular weight is 330 g/mol. The van der Waals surface area contributed by atoms with Gasteiger partial charge >= 0.3 is 0 Å². The van der Waals surface area contributed by atoms with E-state index in [1.165, 1.54) is 6.07 Å². The molecule has 0 aliphatic carbocycles. The fraction of sp³-hybridized carbons (Fsp3) is 0.375. The normalized spacial score (nSPS) is 14.8. The van der Waals surface area contributed by atoms with Crippen LogP contribution in [0.2, 0.25) is 0 Å². The lowest BCUT2D eigenvalue weighted by atomic mass is 10.2. The van der Waals surface area contributed by atoms with Crippen LogP contribution in [0.3, 0.4) is 0 Å². The Morgan fingerprint density at radius 1 is 1.08 bits per heavy atom. The van der Waals surface area contributed by atoms with Crippen LogP contribution in [0.25, 0.3) is 0 Å². The average Bonchev–Trinajstić information content (AvgIpc) is 2.61. The maximum atomic E-state index is 12.9. The Balaban J connectivity index is 1.69. The fourth-order valence-electron chi connectivity index (χ4n) is 2.65. The van der Waals surface area contributed by atoms with Crippen LogP contribution >= 0.6 is 0 Å². The monoisotopic (exact) mass is 330 g/mol. The zero-order valence-corrected chi connectivity index (χ0v) is 13.2. The highest BCUT2D eigenvalue weighted by Crippen LogP contribution is 2.23. The van der Waals surface area contributed by atoms with Crippen LogP contribution in [0, 0.1) is 18.3 Å². The van der Waals surface area contributed by atoms with Crippen LogP contribution < -0.4 is 9.80 Å². The maximum Gasteiger partial charge on any atom is 0.280 e. The lowest BCUT2D eigenvalue weighted by Crippen LogP contribution is -2.47. The lowest BCUT2D eigenvalue weighted by molar-refractivity contribution is 0.145. The third kappa shape index (κ3) is 3.40. The second-order valence-corrected chi connectivity index (χ2v) is 5.49. The fourth-order valence-corrected chi connectivity index (χ4v) is 2.65. The van der Waals surface area contributed by atoms with Crippen LogP contribution in [0.15, 0.2) is 24.4 Å². The molecule has 2 aromatic heterocycles. The molecule has 6 nitrogen and oxygen atoms in total. The molecular weight excluding hydrogens is 314 g/mol. The van der Waals surface area contributed by atoms with Crippen molar-refractivity contribution in [3.05, 3.63) is 41.5 Å². The summed E-state index contributed by atoms with van der Waals surface area (Å²) < 4.78 is 25.8. The summed E-state index contributed by atoms with van der Waals surface area (Å²) in [6.07, 6.45) is -1.06. The predicted octanol–water partition coefficient (Wildman–Crippen LogP) is 2.32. The summed E-state index contributed by atoms with van der Waals surface area (Å²) in [7, 11) is 0. The topological polar surface area (TPSA) is 68.9 Å². The van der Waals surface area contributed by atoms with Crippen molar-refractivity contribution in [1.82, 2.24) is 15.0 Å². The number of nitriles is 1. The van der Waals surface area contributed by atoms with Crippen molar-refractivity contribution < 1.29 is 8.78 Å². The molecular formula is C16H16F2N6. The Morgan fingerprint density at radius 3 is 2.29 bits per heavy atom. The molecule has 0 saturated carbocycles. The van der Waals surface area contributed by atoms with Gasteiger partial charge in [-0.25, -0.2) is 23.7 Å². The van der Waals surface area contributed by atoms with Crippen molar-refractivity contribution in [2.45, 2.75) is 13.3 Å². The first-order valence-electron chi connectivity index (χ1n) is 7.56. The molecule has 0 N–H and O–H groups in total. The number of anilines is 2. The smallest absolute Gasteiger partial charge is 0.280 e. The van der Waals surface area contributed by atoms with E-state index in [0.29, 0.717) is 43.4 Å². The van der Waals surface area contributed by atoms with Gasteiger partial charge in [0, 0.05) is 38.4 Å². The number of alkyl halides is 2. The van der Waals surface area contributed by atoms with Gasteiger partial charge in [0.25, 0.3) is 6.43 Å². The van der Waals surface area contributed by atoms with E-state index in [1.54, 1.807) is 19.2 Å². The second kappa shape index (κ2) is 6.74. The summed E-state index contributed by atoms with van der Waals surface area (Å²) in [5.41, 5.74) is 0.280. The van der Waals surface area contributed by atoms with Gasteiger partial charge in [0.2, 0.25) is 0 Å². The highest BCUT2D eigenvalue weighted by Gasteiger charge is 2.21. The van der Waals surface area contributed by atoms with Gasteiger partial charge in [-0.1, -0.05) is 0 Å². The Bertz CT molecular complexity index is 748. The molecule has 3 heterocycles. The van der Waals surface area contributed by atoms with Gasteiger partial charge < -0.3 is 9.80 Å². The molecule has 1 aliphatic rings. The lowest BCUT2D eigenvalue weighted by Gasteiger charge is -2.36. The van der Waals surface area contributed by atoms with E-state index in [9.17, 15) is 8.78 Å². The number of pyridine rings is 1. The number of aryl methyl sites for hydroxylation is 1. The minimum Gasteiger partial charge on any atom is -0.353 e. The highest BCUT2D eigenvalue weighted by molar-refractivity contribution is 5.46. The molecule has 3 rings (SSSR count). The zero-order chi connectivity index (χ0) is 17.1. The van der Waals surface area contributed by atoms with Crippen LogP contribution in [0.4, 0.5) is 20.4 Å². The standard InChI is InChI=1S/C16H16F2N6/c1-11-21-13(16(17)18)8-15(22-11)24-6-4-23(5-7-24)14-3-2-12(9-19)10-20-14/h2-3,8,10,16H,4-7H2,1H3. The molecule has 2 aromatic rings. The molecule has 8 heteroatoms. The van der Waals surface area contributed by atoms with Crippen molar-refractivity contribution in [3.63, 3.8) is 0 Å². The molecule has 0 bridgehead atoms. The Hall–Kier alpha value is -2.82. The summed E-state index contributed by atoms with van der Waals surface area (Å²) >= 11 is 0. The van der Waals surface area contributed by atoms with Crippen LogP contribution in [-0.2, 0) is 0 Å². The van der Waals surface area contributed by atoms with E-state index < -0.39 is 6.43 Å². The first-order chi connectivity index (χ1) is 11.6. The van der Waals surface area contributed by atoms with E-state index in [2.05, 4.69) is 19.9 Å². The molecule has 24 heavy (non-hydrogen) atoms. The number of hydrogen-bond donors (Lipinski definition) is 0. The van der Waals surface area contributed by atoms with E-state index in [0.717, 1.165) is 5.82 Å². The number of hydrogen-bond acceptors (Lipinski definition) is 6. The van der Waals surface area contributed by atoms with Gasteiger partial charge in [-0.05, 0) is 19.1 Å². The van der Waals surface area contributed by atoms with Gasteiger partial charge in [-0.3, -0.25) is 0 Å². The van der Waals surface area contributed by atoms with Crippen LogP contribution in [0.1, 0.15) is 23.5 Å². The first-order valence-corrected chi connectivity index (χ1v) is 7.56. The largest absolute Gasteiger partial charge is 0.353 e. The minimum absolute atomic E-state index is 0.242. The summed E-state index contributed by atoms with van der Waals surface area (Å²) in [6.45, 7) is 4.33. The number of piperazine rings is 1. The maximum absolute atomic E-state index is 12.9. The van der Waals surface area contributed by atoms with Gasteiger partial charge in [0.05, 0.1) is 5.56 Å². The molecule has 1 fully saturated rings. The molecule has 1 saturated heterocycles. The SMILES string of the molecule is Cc1nc(C(F)F)cc(N2CCN(c3ccc(C#N)cn3)CC2)n1. The molecule has 0 atom stereocenters. The third-order valence-corrected chi connectivity index (χ3v) is 3.87. The number of nitrogens with zero attached hydrogens (tertiary/aromatic N) is 6. The molecule has 0 aromatic carbocycles. The summed E-state index contributed by atoms with van der Waals surface area (Å²) in [5, 5.41) is 8.81. The minimum atomic E-state index is -2.60. The van der Waals surface area contributed by atoms with Crippen LogP contribution in [0.5, 0.6) is 0 Å². The van der Waals surface area contributed by atoms with Crippen LogP contribution in [-0.4, -0.2) is 41.1 Å². The molecule has 124 valence electrons. The van der Waals surface area contributed by atoms with Gasteiger partial charge in [-0.2, -0.15) is 5.26 Å². The molecule has 0 amide bonds. The van der Waals surface area contributed by atoms with Crippen molar-refractivity contribution >= 4 is 11.6 Å². The van der Waals surface area contributed by atoms with Crippen molar-refractivity contribution in [3.8, 4) is 6.07 Å². The summed E-state index contributed by atoms with van der Waals surface area (Å²) in [4.78, 5) is 16.4. The van der Waals surface area contributed by atoms with E-state index in [4.69, 9.17) is 5.26 Å². The van der Waals surface area contributed by atoms with Gasteiger partial charge in [0.15, 0.2) is 0 Å². The van der Waals surface area contributed by atoms with E-state index in [-0.39, 0.29) is 5.69 Å². The first kappa shape index (κ1) is 16.1. The Morgan fingerprint density at radius 2 is 1.75 bits per heavy atom. The molecule has 0 unspecified atom stereocenters. The third-order valence-electron chi connectivity index (χ3n) is 3.87. The summed E-state index contributed by atoms with van der Waals surface area (Å²) in [5.74, 6) is 1.69. The Labute approximate surface area is 138 Å². The molecule has 0 spiro atoms. The number of rotatable bonds is 3. The Kier molecular flexibility index (Phi) is 4.51. The number of aromatic nitrogens is 3. The van der Waals surface area contributed by atoms with Gasteiger partial charge in [0.1, 0.15) is 29.2 Å². The van der Waals surface area contributed by atoms with E-state index >= 15 is 0 Å². The summed E-state index contributed by atoms with van der Waals surface area (Å²) in [6, 6.07) is 6.95. The quantitative estimate of drug-likeness (QED) is 0.860. The predicted molar refractivity (Wildman–Crippen MR) is 85.1 cm³/mol.